The number of carboxylic acid groups (broad SMARTS) is 1. The zero-order valence-electron chi connectivity index (χ0n) is 11.4. The Hall–Kier alpha value is -2.04. The summed E-state index contributed by atoms with van der Waals surface area (Å²) in [6.45, 7) is 6.21. The number of fused-ring (bicyclic) bond motifs is 1. The molecule has 0 saturated heterocycles. The molecule has 0 bridgehead atoms. The number of amides is 2. The van der Waals surface area contributed by atoms with Crippen LogP contribution in [0.15, 0.2) is 24.3 Å². The Morgan fingerprint density at radius 1 is 1.21 bits per heavy atom. The van der Waals surface area contributed by atoms with Crippen molar-refractivity contribution in [2.75, 3.05) is 11.4 Å². The third kappa shape index (κ3) is 2.54. The molecule has 0 aromatic heterocycles. The molecule has 1 aliphatic rings. The predicted molar refractivity (Wildman–Crippen MR) is 72.1 cm³/mol. The summed E-state index contributed by atoms with van der Waals surface area (Å²) in [6.07, 6.45) is -1.20. The van der Waals surface area contributed by atoms with Crippen LogP contribution in [-0.2, 0) is 11.3 Å². The van der Waals surface area contributed by atoms with Crippen LogP contribution in [0, 0.1) is 0 Å². The van der Waals surface area contributed by atoms with Crippen LogP contribution in [0.4, 0.5) is 10.5 Å². The van der Waals surface area contributed by atoms with Crippen LogP contribution in [-0.4, -0.2) is 34.1 Å². The lowest BCUT2D eigenvalue weighted by atomic mass is 10.0. The van der Waals surface area contributed by atoms with Gasteiger partial charge in [0.1, 0.15) is 0 Å². The first-order valence-corrected chi connectivity index (χ1v) is 6.19. The van der Waals surface area contributed by atoms with Crippen molar-refractivity contribution in [2.24, 2.45) is 0 Å². The maximum atomic E-state index is 12.1. The zero-order chi connectivity index (χ0) is 14.2. The van der Waals surface area contributed by atoms with Gasteiger partial charge < -0.3 is 10.0 Å². The average Bonchev–Trinajstić information content (AvgIpc) is 2.46. The number of para-hydroxylation sites is 1. The van der Waals surface area contributed by atoms with Crippen LogP contribution in [0.2, 0.25) is 0 Å². The normalized spacial score (nSPS) is 16.1. The third-order valence-corrected chi connectivity index (χ3v) is 3.25. The fourth-order valence-electron chi connectivity index (χ4n) is 2.24. The predicted octanol–water partition coefficient (Wildman–Crippen LogP) is 2.31. The number of imide groups is 1. The van der Waals surface area contributed by atoms with Gasteiger partial charge in [-0.25, -0.2) is 9.69 Å². The minimum Gasteiger partial charge on any atom is -0.465 e. The van der Waals surface area contributed by atoms with E-state index < -0.39 is 12.0 Å². The summed E-state index contributed by atoms with van der Waals surface area (Å²) in [6, 6.07) is 7.55. The van der Waals surface area contributed by atoms with E-state index in [0.29, 0.717) is 0 Å². The van der Waals surface area contributed by atoms with E-state index in [9.17, 15) is 9.59 Å². The lowest BCUT2D eigenvalue weighted by Gasteiger charge is -2.37. The highest BCUT2D eigenvalue weighted by Gasteiger charge is 2.33. The number of rotatable bonds is 0. The molecular weight excluding hydrogens is 244 g/mol. The number of nitrogens with zero attached hydrogens (tertiary/aromatic N) is 2. The molecule has 1 aromatic carbocycles. The quantitative estimate of drug-likeness (QED) is 0.779. The van der Waals surface area contributed by atoms with Crippen molar-refractivity contribution in [1.82, 2.24) is 4.90 Å². The molecule has 1 N–H and O–H groups in total. The van der Waals surface area contributed by atoms with E-state index in [2.05, 4.69) is 0 Å². The fourth-order valence-corrected chi connectivity index (χ4v) is 2.24. The van der Waals surface area contributed by atoms with Crippen LogP contribution in [0.3, 0.4) is 0 Å². The summed E-state index contributed by atoms with van der Waals surface area (Å²) >= 11 is 0. The molecule has 0 radical (unpaired) electrons. The first kappa shape index (κ1) is 13.4. The Labute approximate surface area is 112 Å². The minimum absolute atomic E-state index is 0.0762. The average molecular weight is 262 g/mol. The Bertz CT molecular complexity index is 520. The Balaban J connectivity index is 2.51. The van der Waals surface area contributed by atoms with Gasteiger partial charge in [-0.15, -0.1) is 0 Å². The molecule has 0 saturated carbocycles. The number of benzene rings is 1. The summed E-state index contributed by atoms with van der Waals surface area (Å²) in [5.41, 5.74) is 1.53. The largest absolute Gasteiger partial charge is 0.465 e. The first-order chi connectivity index (χ1) is 8.80. The molecule has 0 spiro atoms. The molecule has 5 heteroatoms. The summed E-state index contributed by atoms with van der Waals surface area (Å²) in [5, 5.41) is 9.13. The zero-order valence-corrected chi connectivity index (χ0v) is 11.4. The van der Waals surface area contributed by atoms with Gasteiger partial charge in [0.2, 0.25) is 0 Å². The van der Waals surface area contributed by atoms with Crippen molar-refractivity contribution in [3.8, 4) is 0 Å². The number of hydrogen-bond donors (Lipinski definition) is 1. The molecule has 2 amide bonds. The van der Waals surface area contributed by atoms with Gasteiger partial charge in [-0.1, -0.05) is 18.2 Å². The van der Waals surface area contributed by atoms with Gasteiger partial charge in [-0.2, -0.15) is 0 Å². The smallest absolute Gasteiger partial charge is 0.414 e. The Kier molecular flexibility index (Phi) is 3.22. The summed E-state index contributed by atoms with van der Waals surface area (Å²) in [7, 11) is 0. The minimum atomic E-state index is -1.20. The van der Waals surface area contributed by atoms with Gasteiger partial charge in [0.15, 0.2) is 0 Å². The van der Waals surface area contributed by atoms with Gasteiger partial charge in [-0.05, 0) is 32.4 Å². The molecule has 0 atom stereocenters. The number of carbonyl (C=O) groups excluding carboxylic acids is 1. The van der Waals surface area contributed by atoms with Gasteiger partial charge >= 0.3 is 6.09 Å². The summed E-state index contributed by atoms with van der Waals surface area (Å²) in [4.78, 5) is 26.1. The standard InChI is InChI=1S/C14H18N2O3/c1-14(2,3)16-9-12(17)15(13(18)19)8-10-6-4-5-7-11(10)16/h4-7H,8-9H2,1-3H3,(H,18,19). The third-order valence-electron chi connectivity index (χ3n) is 3.25. The molecular formula is C14H18N2O3. The molecule has 19 heavy (non-hydrogen) atoms. The Morgan fingerprint density at radius 3 is 2.42 bits per heavy atom. The summed E-state index contributed by atoms with van der Waals surface area (Å²) in [5.74, 6) is -0.390. The summed E-state index contributed by atoms with van der Waals surface area (Å²) < 4.78 is 0. The maximum Gasteiger partial charge on any atom is 0.414 e. The maximum absolute atomic E-state index is 12.1. The van der Waals surface area contributed by atoms with E-state index in [-0.39, 0.29) is 18.6 Å². The molecule has 0 fully saturated rings. The van der Waals surface area contributed by atoms with Crippen molar-refractivity contribution in [1.29, 1.82) is 0 Å². The fraction of sp³-hybridized carbons (Fsp3) is 0.429. The van der Waals surface area contributed by atoms with E-state index >= 15 is 0 Å². The second kappa shape index (κ2) is 4.57. The van der Waals surface area contributed by atoms with E-state index in [4.69, 9.17) is 5.11 Å². The second-order valence-corrected chi connectivity index (χ2v) is 5.65. The highest BCUT2D eigenvalue weighted by molar-refractivity contribution is 5.95. The Morgan fingerprint density at radius 2 is 1.84 bits per heavy atom. The number of anilines is 1. The molecule has 1 aromatic rings. The van der Waals surface area contributed by atoms with Crippen molar-refractivity contribution in [2.45, 2.75) is 32.9 Å². The lowest BCUT2D eigenvalue weighted by molar-refractivity contribution is -0.128. The second-order valence-electron chi connectivity index (χ2n) is 5.65. The van der Waals surface area contributed by atoms with E-state index in [0.717, 1.165) is 16.2 Å². The van der Waals surface area contributed by atoms with Crippen molar-refractivity contribution in [3.05, 3.63) is 29.8 Å². The topological polar surface area (TPSA) is 60.9 Å². The van der Waals surface area contributed by atoms with E-state index in [1.165, 1.54) is 0 Å². The number of carbonyl (C=O) groups is 2. The molecule has 1 aliphatic heterocycles. The van der Waals surface area contributed by atoms with Gasteiger partial charge in [0, 0.05) is 11.2 Å². The molecule has 5 nitrogen and oxygen atoms in total. The molecule has 0 unspecified atom stereocenters. The van der Waals surface area contributed by atoms with Gasteiger partial charge in [-0.3, -0.25) is 4.79 Å². The van der Waals surface area contributed by atoms with Gasteiger partial charge in [0.25, 0.3) is 5.91 Å². The van der Waals surface area contributed by atoms with Crippen molar-refractivity contribution >= 4 is 17.7 Å². The van der Waals surface area contributed by atoms with Crippen LogP contribution in [0.5, 0.6) is 0 Å². The van der Waals surface area contributed by atoms with Crippen LogP contribution < -0.4 is 4.90 Å². The van der Waals surface area contributed by atoms with Crippen molar-refractivity contribution in [3.63, 3.8) is 0 Å². The molecule has 1 heterocycles. The number of hydrogen-bond acceptors (Lipinski definition) is 3. The van der Waals surface area contributed by atoms with Crippen molar-refractivity contribution < 1.29 is 14.7 Å². The monoisotopic (exact) mass is 262 g/mol. The van der Waals surface area contributed by atoms with E-state index in [1.807, 2.05) is 49.9 Å². The molecule has 2 rings (SSSR count). The SMILES string of the molecule is CC(C)(C)N1CC(=O)N(C(=O)O)Cc2ccccc21. The lowest BCUT2D eigenvalue weighted by Crippen LogP contribution is -2.47. The van der Waals surface area contributed by atoms with Crippen LogP contribution >= 0.6 is 0 Å². The first-order valence-electron chi connectivity index (χ1n) is 6.19. The van der Waals surface area contributed by atoms with Gasteiger partial charge in [0.05, 0.1) is 13.1 Å². The van der Waals surface area contributed by atoms with E-state index in [1.54, 1.807) is 0 Å². The highest BCUT2D eigenvalue weighted by atomic mass is 16.4. The highest BCUT2D eigenvalue weighted by Crippen LogP contribution is 2.30. The van der Waals surface area contributed by atoms with Crippen LogP contribution in [0.1, 0.15) is 26.3 Å². The van der Waals surface area contributed by atoms with Crippen LogP contribution in [0.25, 0.3) is 0 Å². The molecule has 102 valence electrons. The molecule has 0 aliphatic carbocycles.